The van der Waals surface area contributed by atoms with Crippen molar-refractivity contribution in [1.29, 1.82) is 0 Å². The molecule has 1 aromatic heterocycles. The van der Waals surface area contributed by atoms with E-state index in [-0.39, 0.29) is 0 Å². The minimum atomic E-state index is 0.662. The van der Waals surface area contributed by atoms with Crippen LogP contribution in [0.5, 0.6) is 5.75 Å². The fourth-order valence-corrected chi connectivity index (χ4v) is 2.49. The second kappa shape index (κ2) is 7.62. The van der Waals surface area contributed by atoms with Crippen molar-refractivity contribution >= 4 is 40.5 Å². The fraction of sp³-hybridized carbons (Fsp3) is 0.0526. The number of pyridine rings is 1. The molecule has 120 valence electrons. The number of para-hydroxylation sites is 1. The second-order valence-electron chi connectivity index (χ2n) is 5.01. The summed E-state index contributed by atoms with van der Waals surface area (Å²) in [6.07, 6.45) is 7.20. The molecule has 3 aromatic rings. The highest BCUT2D eigenvalue weighted by atomic mass is 35.5. The Labute approximate surface area is 145 Å². The van der Waals surface area contributed by atoms with Gasteiger partial charge in [0.05, 0.1) is 18.3 Å². The lowest BCUT2D eigenvalue weighted by Crippen LogP contribution is -1.91. The van der Waals surface area contributed by atoms with Gasteiger partial charge in [0.25, 0.3) is 0 Å². The van der Waals surface area contributed by atoms with Gasteiger partial charge in [0.1, 0.15) is 5.75 Å². The number of fused-ring (bicyclic) bond motifs is 1. The topological polar surface area (TPSA) is 46.5 Å². The van der Waals surface area contributed by atoms with E-state index in [0.717, 1.165) is 27.9 Å². The Morgan fingerprint density at radius 2 is 2.04 bits per heavy atom. The van der Waals surface area contributed by atoms with Crippen molar-refractivity contribution in [2.24, 2.45) is 5.10 Å². The van der Waals surface area contributed by atoms with Gasteiger partial charge in [-0.2, -0.15) is 5.10 Å². The molecule has 0 aliphatic carbocycles. The molecule has 0 aliphatic rings. The number of rotatable bonds is 5. The Kier molecular flexibility index (Phi) is 5.08. The third kappa shape index (κ3) is 3.73. The van der Waals surface area contributed by atoms with Crippen molar-refractivity contribution in [1.82, 2.24) is 4.98 Å². The number of ether oxygens (including phenoxy) is 1. The molecule has 3 rings (SSSR count). The van der Waals surface area contributed by atoms with Crippen LogP contribution in [0.25, 0.3) is 17.0 Å². The Morgan fingerprint density at radius 3 is 2.92 bits per heavy atom. The third-order valence-electron chi connectivity index (χ3n) is 3.47. The molecule has 0 radical (unpaired) electrons. The van der Waals surface area contributed by atoms with E-state index in [1.807, 2.05) is 60.7 Å². The normalized spacial score (nSPS) is 11.4. The zero-order valence-electron chi connectivity index (χ0n) is 13.1. The molecule has 0 saturated carbocycles. The number of methoxy groups -OCH3 is 1. The summed E-state index contributed by atoms with van der Waals surface area (Å²) >= 11 is 5.99. The summed E-state index contributed by atoms with van der Waals surface area (Å²) in [5, 5.41) is 5.85. The van der Waals surface area contributed by atoms with Crippen LogP contribution in [0.1, 0.15) is 5.56 Å². The summed E-state index contributed by atoms with van der Waals surface area (Å²) in [6.45, 7) is 0. The molecule has 5 heteroatoms. The SMILES string of the molecule is COc1ccccc1/C=C/C=N/Nc1ccnc2cc(Cl)ccc12. The average Bonchev–Trinajstić information content (AvgIpc) is 2.61. The van der Waals surface area contributed by atoms with Crippen LogP contribution in [0.15, 0.2) is 65.9 Å². The summed E-state index contributed by atoms with van der Waals surface area (Å²) in [4.78, 5) is 4.30. The van der Waals surface area contributed by atoms with E-state index in [0.29, 0.717) is 5.02 Å². The third-order valence-corrected chi connectivity index (χ3v) is 3.70. The second-order valence-corrected chi connectivity index (χ2v) is 5.45. The number of nitrogens with one attached hydrogen (secondary N) is 1. The maximum Gasteiger partial charge on any atom is 0.126 e. The molecule has 1 heterocycles. The van der Waals surface area contributed by atoms with Crippen LogP contribution in [-0.2, 0) is 0 Å². The van der Waals surface area contributed by atoms with Crippen LogP contribution < -0.4 is 10.2 Å². The van der Waals surface area contributed by atoms with Crippen LogP contribution in [0.2, 0.25) is 5.02 Å². The van der Waals surface area contributed by atoms with E-state index >= 15 is 0 Å². The van der Waals surface area contributed by atoms with Gasteiger partial charge in [-0.15, -0.1) is 0 Å². The first-order chi connectivity index (χ1) is 11.8. The monoisotopic (exact) mass is 337 g/mol. The Hall–Kier alpha value is -2.85. The fourth-order valence-electron chi connectivity index (χ4n) is 2.32. The van der Waals surface area contributed by atoms with E-state index in [1.54, 1.807) is 19.5 Å². The summed E-state index contributed by atoms with van der Waals surface area (Å²) in [7, 11) is 1.66. The van der Waals surface area contributed by atoms with Gasteiger partial charge >= 0.3 is 0 Å². The number of hydrogen-bond donors (Lipinski definition) is 1. The summed E-state index contributed by atoms with van der Waals surface area (Å²) in [6, 6.07) is 15.3. The molecule has 2 aromatic carbocycles. The number of nitrogens with zero attached hydrogens (tertiary/aromatic N) is 2. The van der Waals surface area contributed by atoms with Crippen molar-refractivity contribution in [3.05, 3.63) is 71.4 Å². The van der Waals surface area contributed by atoms with Gasteiger partial charge in [-0.05, 0) is 42.5 Å². The molecule has 0 spiro atoms. The first kappa shape index (κ1) is 16.0. The molecule has 0 unspecified atom stereocenters. The predicted octanol–water partition coefficient (Wildman–Crippen LogP) is 5.01. The van der Waals surface area contributed by atoms with Gasteiger partial charge in [-0.3, -0.25) is 10.4 Å². The van der Waals surface area contributed by atoms with Gasteiger partial charge < -0.3 is 4.74 Å². The van der Waals surface area contributed by atoms with E-state index in [9.17, 15) is 0 Å². The van der Waals surface area contributed by atoms with Gasteiger partial charge in [-0.1, -0.05) is 29.8 Å². The van der Waals surface area contributed by atoms with Crippen LogP contribution >= 0.6 is 11.6 Å². The molecule has 0 aliphatic heterocycles. The van der Waals surface area contributed by atoms with Gasteiger partial charge in [0.2, 0.25) is 0 Å². The zero-order chi connectivity index (χ0) is 16.8. The van der Waals surface area contributed by atoms with E-state index in [1.165, 1.54) is 0 Å². The summed E-state index contributed by atoms with van der Waals surface area (Å²) in [5.74, 6) is 0.826. The zero-order valence-corrected chi connectivity index (χ0v) is 13.9. The number of halogens is 1. The largest absolute Gasteiger partial charge is 0.496 e. The Balaban J connectivity index is 1.72. The smallest absolute Gasteiger partial charge is 0.126 e. The maximum absolute atomic E-state index is 5.99. The van der Waals surface area contributed by atoms with E-state index in [2.05, 4.69) is 15.5 Å². The van der Waals surface area contributed by atoms with Crippen molar-refractivity contribution in [2.45, 2.75) is 0 Å². The first-order valence-electron chi connectivity index (χ1n) is 7.41. The minimum Gasteiger partial charge on any atom is -0.496 e. The quantitative estimate of drug-likeness (QED) is 0.526. The number of benzene rings is 2. The molecule has 0 amide bonds. The highest BCUT2D eigenvalue weighted by Crippen LogP contribution is 2.24. The highest BCUT2D eigenvalue weighted by Gasteiger charge is 2.01. The van der Waals surface area contributed by atoms with Crippen molar-refractivity contribution < 1.29 is 4.74 Å². The molecule has 0 atom stereocenters. The van der Waals surface area contributed by atoms with Crippen LogP contribution in [0.3, 0.4) is 0 Å². The van der Waals surface area contributed by atoms with Crippen molar-refractivity contribution in [3.8, 4) is 5.75 Å². The van der Waals surface area contributed by atoms with Crippen LogP contribution in [0, 0.1) is 0 Å². The summed E-state index contributed by atoms with van der Waals surface area (Å²) < 4.78 is 5.30. The number of hydrazone groups is 1. The predicted molar refractivity (Wildman–Crippen MR) is 101 cm³/mol. The maximum atomic E-state index is 5.99. The molecular formula is C19H16ClN3O. The number of anilines is 1. The van der Waals surface area contributed by atoms with Crippen LogP contribution in [-0.4, -0.2) is 18.3 Å². The Morgan fingerprint density at radius 1 is 1.17 bits per heavy atom. The Bertz CT molecular complexity index is 906. The average molecular weight is 338 g/mol. The molecule has 0 bridgehead atoms. The van der Waals surface area contributed by atoms with Crippen LogP contribution in [0.4, 0.5) is 5.69 Å². The molecule has 0 fully saturated rings. The van der Waals surface area contributed by atoms with Gasteiger partial charge in [0, 0.05) is 28.4 Å². The van der Waals surface area contributed by atoms with Crippen molar-refractivity contribution in [3.63, 3.8) is 0 Å². The van der Waals surface area contributed by atoms with Gasteiger partial charge in [-0.25, -0.2) is 0 Å². The molecular weight excluding hydrogens is 322 g/mol. The lowest BCUT2D eigenvalue weighted by atomic mass is 10.2. The molecule has 24 heavy (non-hydrogen) atoms. The van der Waals surface area contributed by atoms with Gasteiger partial charge in [0.15, 0.2) is 0 Å². The highest BCUT2D eigenvalue weighted by molar-refractivity contribution is 6.31. The van der Waals surface area contributed by atoms with E-state index < -0.39 is 0 Å². The van der Waals surface area contributed by atoms with Crippen molar-refractivity contribution in [2.75, 3.05) is 12.5 Å². The van der Waals surface area contributed by atoms with E-state index in [4.69, 9.17) is 16.3 Å². The number of hydrogen-bond acceptors (Lipinski definition) is 4. The lowest BCUT2D eigenvalue weighted by molar-refractivity contribution is 0.414. The number of aromatic nitrogens is 1. The molecule has 4 nitrogen and oxygen atoms in total. The first-order valence-corrected chi connectivity index (χ1v) is 7.79. The number of allylic oxidation sites excluding steroid dienone is 1. The summed E-state index contributed by atoms with van der Waals surface area (Å²) in [5.41, 5.74) is 5.72. The minimum absolute atomic E-state index is 0.662. The lowest BCUT2D eigenvalue weighted by Gasteiger charge is -2.05. The standard InChI is InChI=1S/C19H16ClN3O/c1-24-19-7-3-2-5-14(19)6-4-11-22-23-17-10-12-21-18-13-15(20)8-9-16(17)18/h2-13H,1H3,(H,21,23)/b6-4+,22-11+. The molecule has 1 N–H and O–H groups in total. The molecule has 0 saturated heterocycles.